The normalized spacial score (nSPS) is 14.1. The van der Waals surface area contributed by atoms with E-state index in [0.29, 0.717) is 36.0 Å². The molecule has 0 unspecified atom stereocenters. The maximum absolute atomic E-state index is 15.3. The molecule has 37 heavy (non-hydrogen) atoms. The molecule has 0 aliphatic carbocycles. The Hall–Kier alpha value is -3.03. The summed E-state index contributed by atoms with van der Waals surface area (Å²) in [5.74, 6) is -1.62. The number of carbonyl (C=O) groups excluding carboxylic acids is 1. The molecule has 2 aromatic carbocycles. The molecule has 197 valence electrons. The molecule has 1 aliphatic rings. The number of hydrogen-bond donors (Lipinski definition) is 1. The molecule has 3 aromatic rings. The standard InChI is InChI=1S/C23H23ClF2N5O4S2/c1-23(2,3)35-22(32)31(21-27-13-28-36-21)37(33,34)20-11-15(24)18(12-16(20)26)29-17-7-6-14(25)10-19(17)30-8-4-5-9-30/h4,6-7,10-13,29H,5,8-9H2,1-3H3. The van der Waals surface area contributed by atoms with Crippen molar-refractivity contribution in [3.05, 3.63) is 59.7 Å². The van der Waals surface area contributed by atoms with E-state index < -0.39 is 38.2 Å². The van der Waals surface area contributed by atoms with Crippen LogP contribution in [0, 0.1) is 18.1 Å². The van der Waals surface area contributed by atoms with E-state index in [-0.39, 0.29) is 20.1 Å². The number of sulfonamides is 1. The lowest BCUT2D eigenvalue weighted by Gasteiger charge is -2.25. The van der Waals surface area contributed by atoms with Crippen molar-refractivity contribution in [2.24, 2.45) is 0 Å². The number of halogens is 3. The molecule has 1 amide bonds. The van der Waals surface area contributed by atoms with Crippen LogP contribution in [0.25, 0.3) is 0 Å². The molecule has 1 radical (unpaired) electrons. The number of nitrogens with zero attached hydrogens (tertiary/aromatic N) is 4. The maximum atomic E-state index is 15.3. The molecular formula is C23H23ClF2N5O4S2. The van der Waals surface area contributed by atoms with Crippen molar-refractivity contribution < 1.29 is 26.7 Å². The highest BCUT2D eigenvalue weighted by molar-refractivity contribution is 7.93. The van der Waals surface area contributed by atoms with Gasteiger partial charge in [-0.3, -0.25) is 0 Å². The Morgan fingerprint density at radius 2 is 1.97 bits per heavy atom. The summed E-state index contributed by atoms with van der Waals surface area (Å²) in [5, 5.41) is 2.48. The first kappa shape index (κ1) is 27.0. The Morgan fingerprint density at radius 3 is 2.59 bits per heavy atom. The van der Waals surface area contributed by atoms with Crippen molar-refractivity contribution in [3.8, 4) is 0 Å². The van der Waals surface area contributed by atoms with Gasteiger partial charge >= 0.3 is 6.09 Å². The first-order valence-corrected chi connectivity index (χ1v) is 13.6. The second kappa shape index (κ2) is 10.4. The Labute approximate surface area is 222 Å². The molecule has 1 fully saturated rings. The van der Waals surface area contributed by atoms with E-state index in [9.17, 15) is 17.6 Å². The molecule has 0 spiro atoms. The minimum Gasteiger partial charge on any atom is -0.443 e. The zero-order valence-corrected chi connectivity index (χ0v) is 22.4. The first-order chi connectivity index (χ1) is 17.4. The van der Waals surface area contributed by atoms with Crippen LogP contribution in [0.5, 0.6) is 0 Å². The molecule has 9 nitrogen and oxygen atoms in total. The highest BCUT2D eigenvalue weighted by Crippen LogP contribution is 2.37. The van der Waals surface area contributed by atoms with E-state index >= 15 is 4.39 Å². The lowest BCUT2D eigenvalue weighted by molar-refractivity contribution is 0.0609. The number of anilines is 4. The van der Waals surface area contributed by atoms with Crippen molar-refractivity contribution in [1.82, 2.24) is 9.36 Å². The summed E-state index contributed by atoms with van der Waals surface area (Å²) < 4.78 is 65.4. The summed E-state index contributed by atoms with van der Waals surface area (Å²) >= 11 is 6.98. The monoisotopic (exact) mass is 570 g/mol. The number of amides is 1. The molecular weight excluding hydrogens is 548 g/mol. The number of nitrogens with one attached hydrogen (secondary N) is 1. The van der Waals surface area contributed by atoms with Gasteiger partial charge in [0, 0.05) is 30.7 Å². The third kappa shape index (κ3) is 5.94. The Morgan fingerprint density at radius 1 is 1.22 bits per heavy atom. The van der Waals surface area contributed by atoms with E-state index in [4.69, 9.17) is 16.3 Å². The molecule has 1 aliphatic heterocycles. The Kier molecular flexibility index (Phi) is 7.58. The van der Waals surface area contributed by atoms with Gasteiger partial charge in [-0.2, -0.15) is 4.37 Å². The van der Waals surface area contributed by atoms with Crippen molar-refractivity contribution in [2.75, 3.05) is 27.6 Å². The van der Waals surface area contributed by atoms with Crippen LogP contribution in [0.15, 0.2) is 41.6 Å². The highest BCUT2D eigenvalue weighted by Gasteiger charge is 2.39. The SMILES string of the molecule is CC(C)(C)OC(=O)N(c1ncns1)S(=O)(=O)c1cc(Cl)c(Nc2ccc(F)cc2N2C[CH]CC2)cc1F. The maximum Gasteiger partial charge on any atom is 0.431 e. The zero-order valence-electron chi connectivity index (χ0n) is 20.0. The second-order valence-corrected chi connectivity index (χ2v) is 12.0. The van der Waals surface area contributed by atoms with Gasteiger partial charge in [-0.25, -0.2) is 27.0 Å². The van der Waals surface area contributed by atoms with Gasteiger partial charge in [0.15, 0.2) is 0 Å². The fourth-order valence-electron chi connectivity index (χ4n) is 3.58. The van der Waals surface area contributed by atoms with Crippen molar-refractivity contribution in [1.29, 1.82) is 0 Å². The largest absolute Gasteiger partial charge is 0.443 e. The smallest absolute Gasteiger partial charge is 0.431 e. The Bertz CT molecular complexity index is 1410. The minimum absolute atomic E-state index is 0.0499. The van der Waals surface area contributed by atoms with Gasteiger partial charge in [0.25, 0.3) is 10.0 Å². The quantitative estimate of drug-likeness (QED) is 0.399. The van der Waals surface area contributed by atoms with Crippen LogP contribution in [-0.2, 0) is 14.8 Å². The molecule has 0 saturated carbocycles. The fourth-order valence-corrected chi connectivity index (χ4v) is 5.94. The van der Waals surface area contributed by atoms with E-state index in [1.54, 1.807) is 20.8 Å². The van der Waals surface area contributed by atoms with Gasteiger partial charge in [0.1, 0.15) is 28.5 Å². The average Bonchev–Trinajstić information content (AvgIpc) is 3.50. The summed E-state index contributed by atoms with van der Waals surface area (Å²) in [6.07, 6.45) is 2.66. The molecule has 4 rings (SSSR count). The summed E-state index contributed by atoms with van der Waals surface area (Å²) in [6, 6.07) is 5.87. The van der Waals surface area contributed by atoms with Crippen LogP contribution in [0.3, 0.4) is 0 Å². The molecule has 0 atom stereocenters. The van der Waals surface area contributed by atoms with Gasteiger partial charge in [-0.1, -0.05) is 11.6 Å². The van der Waals surface area contributed by atoms with Crippen LogP contribution >= 0.6 is 23.1 Å². The minimum atomic E-state index is -4.85. The predicted molar refractivity (Wildman–Crippen MR) is 138 cm³/mol. The molecule has 1 aromatic heterocycles. The van der Waals surface area contributed by atoms with Crippen molar-refractivity contribution in [2.45, 2.75) is 37.7 Å². The molecule has 0 bridgehead atoms. The van der Waals surface area contributed by atoms with E-state index in [1.807, 2.05) is 4.90 Å². The van der Waals surface area contributed by atoms with Gasteiger partial charge < -0.3 is 15.0 Å². The van der Waals surface area contributed by atoms with Crippen LogP contribution in [0.2, 0.25) is 5.02 Å². The number of benzene rings is 2. The van der Waals surface area contributed by atoms with Gasteiger partial charge in [0.05, 0.1) is 22.1 Å². The van der Waals surface area contributed by atoms with Crippen LogP contribution in [-0.4, -0.2) is 42.6 Å². The summed E-state index contributed by atoms with van der Waals surface area (Å²) in [6.45, 7) is 5.96. The Balaban J connectivity index is 1.71. The van der Waals surface area contributed by atoms with Crippen LogP contribution in [0.4, 0.5) is 35.8 Å². The van der Waals surface area contributed by atoms with E-state index in [1.165, 1.54) is 18.2 Å². The summed E-state index contributed by atoms with van der Waals surface area (Å²) in [7, 11) is -4.85. The second-order valence-electron chi connectivity index (χ2n) is 9.05. The number of aromatic nitrogens is 2. The molecule has 1 N–H and O–H groups in total. The third-order valence-corrected chi connectivity index (χ3v) is 7.90. The number of ether oxygens (including phenoxy) is 1. The van der Waals surface area contributed by atoms with Gasteiger partial charge in [0.2, 0.25) is 5.13 Å². The number of rotatable bonds is 6. The topological polar surface area (TPSA) is 105 Å². The fraction of sp³-hybridized carbons (Fsp3) is 0.304. The number of hydrogen-bond acceptors (Lipinski definition) is 9. The summed E-state index contributed by atoms with van der Waals surface area (Å²) in [4.78, 5) is 17.7. The van der Waals surface area contributed by atoms with Crippen molar-refractivity contribution >= 4 is 61.4 Å². The zero-order chi connectivity index (χ0) is 27.0. The third-order valence-electron chi connectivity index (χ3n) is 5.14. The predicted octanol–water partition coefficient (Wildman–Crippen LogP) is 5.76. The lowest BCUT2D eigenvalue weighted by Crippen LogP contribution is -2.41. The van der Waals surface area contributed by atoms with Gasteiger partial charge in [-0.15, -0.1) is 4.31 Å². The average molecular weight is 571 g/mol. The van der Waals surface area contributed by atoms with Crippen molar-refractivity contribution in [3.63, 3.8) is 0 Å². The molecule has 14 heteroatoms. The first-order valence-electron chi connectivity index (χ1n) is 11.0. The summed E-state index contributed by atoms with van der Waals surface area (Å²) in [5.41, 5.74) is 0.0143. The molecule has 2 heterocycles. The number of carbonyl (C=O) groups is 1. The lowest BCUT2D eigenvalue weighted by atomic mass is 10.2. The van der Waals surface area contributed by atoms with Crippen LogP contribution in [0.1, 0.15) is 27.2 Å². The highest BCUT2D eigenvalue weighted by atomic mass is 35.5. The van der Waals surface area contributed by atoms with E-state index in [2.05, 4.69) is 21.1 Å². The van der Waals surface area contributed by atoms with E-state index in [0.717, 1.165) is 24.9 Å². The van der Waals surface area contributed by atoms with Gasteiger partial charge in [-0.05, 0) is 57.9 Å². The van der Waals surface area contributed by atoms with Crippen LogP contribution < -0.4 is 14.5 Å². The molecule has 1 saturated heterocycles.